The predicted molar refractivity (Wildman–Crippen MR) is 128 cm³/mol. The highest BCUT2D eigenvalue weighted by Crippen LogP contribution is 2.34. The lowest BCUT2D eigenvalue weighted by molar-refractivity contribution is -0.119. The fourth-order valence-corrected chi connectivity index (χ4v) is 4.83. The molecule has 8 nitrogen and oxygen atoms in total. The minimum atomic E-state index is -4.22. The zero-order valence-electron chi connectivity index (χ0n) is 17.6. The van der Waals surface area contributed by atoms with E-state index in [-0.39, 0.29) is 22.9 Å². The van der Waals surface area contributed by atoms with Gasteiger partial charge < -0.3 is 9.47 Å². The molecule has 1 aliphatic rings. The van der Waals surface area contributed by atoms with Crippen molar-refractivity contribution in [1.82, 2.24) is 5.43 Å². The highest BCUT2D eigenvalue weighted by Gasteiger charge is 2.29. The normalized spacial score (nSPS) is 13.0. The second-order valence-corrected chi connectivity index (χ2v) is 9.92. The number of nitrogens with zero attached hydrogens (tertiary/aromatic N) is 2. The van der Waals surface area contributed by atoms with Crippen LogP contribution in [0.3, 0.4) is 0 Å². The number of rotatable bonds is 7. The number of sulfonamides is 1. The number of fused-ring (bicyclic) bond motifs is 1. The fraction of sp³-hybridized carbons (Fsp3) is 0.130. The summed E-state index contributed by atoms with van der Waals surface area (Å²) in [5, 5.41) is 3.89. The van der Waals surface area contributed by atoms with Gasteiger partial charge in [-0.05, 0) is 54.1 Å². The van der Waals surface area contributed by atoms with Crippen LogP contribution in [0.4, 0.5) is 10.1 Å². The number of amides is 1. The molecule has 0 spiro atoms. The summed E-state index contributed by atoms with van der Waals surface area (Å²) in [6.45, 7) is 0.0682. The van der Waals surface area contributed by atoms with E-state index in [0.717, 1.165) is 26.5 Å². The third-order valence-electron chi connectivity index (χ3n) is 4.78. The number of hydrogen-bond acceptors (Lipinski definition) is 6. The highest BCUT2D eigenvalue weighted by molar-refractivity contribution is 9.10. The summed E-state index contributed by atoms with van der Waals surface area (Å²) in [7, 11) is -4.22. The second-order valence-electron chi connectivity index (χ2n) is 7.14. The van der Waals surface area contributed by atoms with E-state index < -0.39 is 28.3 Å². The summed E-state index contributed by atoms with van der Waals surface area (Å²) >= 11 is 3.33. The maximum atomic E-state index is 13.5. The van der Waals surface area contributed by atoms with Gasteiger partial charge in [0.15, 0.2) is 11.5 Å². The van der Waals surface area contributed by atoms with Gasteiger partial charge in [-0.25, -0.2) is 18.2 Å². The number of hydrazone groups is 1. The molecule has 34 heavy (non-hydrogen) atoms. The Balaban J connectivity index is 1.58. The van der Waals surface area contributed by atoms with E-state index in [2.05, 4.69) is 26.5 Å². The van der Waals surface area contributed by atoms with Gasteiger partial charge in [0.25, 0.3) is 15.9 Å². The Kier molecular flexibility index (Phi) is 7.13. The molecule has 0 unspecified atom stereocenters. The molecular weight excluding hydrogens is 529 g/mol. The monoisotopic (exact) mass is 547 g/mol. The molecule has 1 heterocycles. The minimum absolute atomic E-state index is 0.104. The van der Waals surface area contributed by atoms with Crippen molar-refractivity contribution in [3.05, 3.63) is 82.6 Å². The first-order valence-corrected chi connectivity index (χ1v) is 12.3. The van der Waals surface area contributed by atoms with Crippen LogP contribution in [-0.2, 0) is 14.8 Å². The smallest absolute Gasteiger partial charge is 0.264 e. The Morgan fingerprint density at radius 2 is 1.71 bits per heavy atom. The lowest BCUT2D eigenvalue weighted by Crippen LogP contribution is -2.39. The van der Waals surface area contributed by atoms with E-state index in [9.17, 15) is 17.6 Å². The van der Waals surface area contributed by atoms with Gasteiger partial charge in [-0.15, -0.1) is 0 Å². The number of ether oxygens (including phenoxy) is 2. The molecule has 0 aromatic heterocycles. The van der Waals surface area contributed by atoms with Crippen molar-refractivity contribution in [1.29, 1.82) is 0 Å². The van der Waals surface area contributed by atoms with Crippen LogP contribution in [0.5, 0.6) is 11.5 Å². The minimum Gasteiger partial charge on any atom is -0.486 e. The molecule has 0 saturated heterocycles. The molecule has 0 fully saturated rings. The standard InChI is InChI=1S/C23H19BrFN3O5S/c24-17-3-1-16(2-4-17)14-26-27-23(29)15-28(19-7-5-18(25)6-8-19)34(30,31)20-9-10-21-22(13-20)33-12-11-32-21/h1-10,13-14H,11-12,15H2,(H,27,29)/b26-14-. The van der Waals surface area contributed by atoms with E-state index in [4.69, 9.17) is 9.47 Å². The molecule has 4 rings (SSSR count). The zero-order valence-corrected chi connectivity index (χ0v) is 20.1. The average Bonchev–Trinajstić information content (AvgIpc) is 2.84. The quantitative estimate of drug-likeness (QED) is 0.359. The van der Waals surface area contributed by atoms with Gasteiger partial charge in [0.1, 0.15) is 25.6 Å². The van der Waals surface area contributed by atoms with Crippen LogP contribution >= 0.6 is 15.9 Å². The van der Waals surface area contributed by atoms with Crippen LogP contribution in [0.2, 0.25) is 0 Å². The number of halogens is 2. The van der Waals surface area contributed by atoms with Crippen LogP contribution in [0.25, 0.3) is 0 Å². The molecule has 0 atom stereocenters. The van der Waals surface area contributed by atoms with E-state index in [1.807, 2.05) is 12.1 Å². The molecule has 0 aliphatic carbocycles. The van der Waals surface area contributed by atoms with Crippen molar-refractivity contribution in [3.63, 3.8) is 0 Å². The Morgan fingerprint density at radius 1 is 1.03 bits per heavy atom. The molecule has 1 amide bonds. The van der Waals surface area contributed by atoms with E-state index in [1.54, 1.807) is 12.1 Å². The van der Waals surface area contributed by atoms with Gasteiger partial charge >= 0.3 is 0 Å². The Hall–Kier alpha value is -3.44. The van der Waals surface area contributed by atoms with Crippen molar-refractivity contribution in [2.45, 2.75) is 4.90 Å². The second kappa shape index (κ2) is 10.2. The lowest BCUT2D eigenvalue weighted by atomic mass is 10.2. The van der Waals surface area contributed by atoms with Crippen molar-refractivity contribution in [2.24, 2.45) is 5.10 Å². The maximum Gasteiger partial charge on any atom is 0.264 e. The summed E-state index contributed by atoms with van der Waals surface area (Å²) in [4.78, 5) is 12.5. The lowest BCUT2D eigenvalue weighted by Gasteiger charge is -2.25. The van der Waals surface area contributed by atoms with Gasteiger partial charge in [0.05, 0.1) is 16.8 Å². The Morgan fingerprint density at radius 3 is 2.41 bits per heavy atom. The van der Waals surface area contributed by atoms with Crippen molar-refractivity contribution >= 4 is 43.8 Å². The number of benzene rings is 3. The average molecular weight is 548 g/mol. The number of anilines is 1. The predicted octanol–water partition coefficient (Wildman–Crippen LogP) is 3.71. The molecule has 0 saturated carbocycles. The van der Waals surface area contributed by atoms with Gasteiger partial charge in [0, 0.05) is 10.5 Å². The van der Waals surface area contributed by atoms with Crippen LogP contribution in [0.1, 0.15) is 5.56 Å². The number of hydrogen-bond donors (Lipinski definition) is 1. The third-order valence-corrected chi connectivity index (χ3v) is 7.07. The first kappa shape index (κ1) is 23.7. The fourth-order valence-electron chi connectivity index (χ4n) is 3.13. The third kappa shape index (κ3) is 5.54. The first-order chi connectivity index (χ1) is 16.3. The number of nitrogens with one attached hydrogen (secondary N) is 1. The largest absolute Gasteiger partial charge is 0.486 e. The molecule has 3 aromatic rings. The van der Waals surface area contributed by atoms with Crippen LogP contribution in [0, 0.1) is 5.82 Å². The zero-order chi connectivity index (χ0) is 24.1. The van der Waals surface area contributed by atoms with Crippen molar-refractivity contribution in [3.8, 4) is 11.5 Å². The van der Waals surface area contributed by atoms with Crippen LogP contribution in [0.15, 0.2) is 81.2 Å². The van der Waals surface area contributed by atoms with E-state index in [0.29, 0.717) is 12.4 Å². The summed E-state index contributed by atoms with van der Waals surface area (Å²) in [5.41, 5.74) is 3.18. The summed E-state index contributed by atoms with van der Waals surface area (Å²) in [6, 6.07) is 16.2. The number of carbonyl (C=O) groups excluding carboxylic acids is 1. The molecule has 0 radical (unpaired) electrons. The van der Waals surface area contributed by atoms with Gasteiger partial charge in [0.2, 0.25) is 0 Å². The molecule has 176 valence electrons. The summed E-state index contributed by atoms with van der Waals surface area (Å²) in [5.74, 6) is -0.503. The van der Waals surface area contributed by atoms with Crippen LogP contribution in [-0.4, -0.2) is 40.3 Å². The molecular formula is C23H19BrFN3O5S. The molecule has 1 aliphatic heterocycles. The van der Waals surface area contributed by atoms with E-state index >= 15 is 0 Å². The molecule has 11 heteroatoms. The first-order valence-electron chi connectivity index (χ1n) is 10.1. The molecule has 0 bridgehead atoms. The maximum absolute atomic E-state index is 13.5. The van der Waals surface area contributed by atoms with Crippen LogP contribution < -0.4 is 19.2 Å². The SMILES string of the molecule is O=C(CN(c1ccc(F)cc1)S(=O)(=O)c1ccc2c(c1)OCCO2)N/N=C\c1ccc(Br)cc1. The molecule has 3 aromatic carbocycles. The van der Waals surface area contributed by atoms with Gasteiger partial charge in [-0.2, -0.15) is 5.10 Å². The Labute approximate surface area is 204 Å². The topological polar surface area (TPSA) is 97.3 Å². The summed E-state index contributed by atoms with van der Waals surface area (Å²) in [6.07, 6.45) is 1.43. The van der Waals surface area contributed by atoms with E-state index in [1.165, 1.54) is 36.5 Å². The molecule has 1 N–H and O–H groups in total. The van der Waals surface area contributed by atoms with Crippen molar-refractivity contribution in [2.75, 3.05) is 24.1 Å². The summed E-state index contributed by atoms with van der Waals surface area (Å²) < 4.78 is 53.1. The Bertz CT molecular complexity index is 1320. The number of carbonyl (C=O) groups is 1. The van der Waals surface area contributed by atoms with Gasteiger partial charge in [-0.3, -0.25) is 9.10 Å². The van der Waals surface area contributed by atoms with Gasteiger partial charge in [-0.1, -0.05) is 28.1 Å². The van der Waals surface area contributed by atoms with Crippen molar-refractivity contribution < 1.29 is 27.1 Å². The highest BCUT2D eigenvalue weighted by atomic mass is 79.9.